The van der Waals surface area contributed by atoms with Gasteiger partial charge in [0.2, 0.25) is 10.0 Å². The van der Waals surface area contributed by atoms with Gasteiger partial charge in [0.1, 0.15) is 4.90 Å². The summed E-state index contributed by atoms with van der Waals surface area (Å²) in [5.74, 6) is 0. The van der Waals surface area contributed by atoms with E-state index in [1.807, 2.05) is 13.8 Å². The van der Waals surface area contributed by atoms with Crippen molar-refractivity contribution in [1.82, 2.24) is 4.31 Å². The average molecular weight is 359 g/mol. The lowest BCUT2D eigenvalue weighted by atomic mass is 10.3. The molecule has 0 aliphatic carbocycles. The number of hydrogen-bond donors (Lipinski definition) is 0. The molecule has 1 saturated heterocycles. The van der Waals surface area contributed by atoms with Crippen LogP contribution in [0.5, 0.6) is 0 Å². The molecule has 0 N–H and O–H groups in total. The standard InChI is InChI=1S/C12H14Cl3NO3S/c1-7-5-16(6-8(2)19-7)20(17,18)12-4-10(14)9(13)3-11(12)15/h3-4,7-8H,5-6H2,1-2H3/t7-,8-/m1/s1. The van der Waals surface area contributed by atoms with Crippen molar-refractivity contribution in [3.05, 3.63) is 27.2 Å². The molecule has 20 heavy (non-hydrogen) atoms. The van der Waals surface area contributed by atoms with Crippen molar-refractivity contribution in [3.63, 3.8) is 0 Å². The van der Waals surface area contributed by atoms with Gasteiger partial charge >= 0.3 is 0 Å². The monoisotopic (exact) mass is 357 g/mol. The molecule has 2 rings (SSSR count). The maximum atomic E-state index is 12.6. The third-order valence-corrected chi connectivity index (χ3v) is 6.00. The smallest absolute Gasteiger partial charge is 0.244 e. The molecule has 1 heterocycles. The topological polar surface area (TPSA) is 46.6 Å². The summed E-state index contributed by atoms with van der Waals surface area (Å²) < 4.78 is 32.2. The van der Waals surface area contributed by atoms with E-state index >= 15 is 0 Å². The van der Waals surface area contributed by atoms with E-state index < -0.39 is 10.0 Å². The lowest BCUT2D eigenvalue weighted by Gasteiger charge is -2.34. The molecule has 0 bridgehead atoms. The molecule has 1 aliphatic heterocycles. The minimum atomic E-state index is -3.72. The molecule has 0 amide bonds. The van der Waals surface area contributed by atoms with Gasteiger partial charge in [0.25, 0.3) is 0 Å². The molecule has 0 unspecified atom stereocenters. The molecular weight excluding hydrogens is 345 g/mol. The van der Waals surface area contributed by atoms with Gasteiger partial charge in [-0.1, -0.05) is 34.8 Å². The summed E-state index contributed by atoms with van der Waals surface area (Å²) in [7, 11) is -3.72. The number of sulfonamides is 1. The lowest BCUT2D eigenvalue weighted by Crippen LogP contribution is -2.48. The molecule has 1 aliphatic rings. The number of halogens is 3. The summed E-state index contributed by atoms with van der Waals surface area (Å²) >= 11 is 17.7. The lowest BCUT2D eigenvalue weighted by molar-refractivity contribution is -0.0440. The van der Waals surface area contributed by atoms with Crippen LogP contribution in [0.4, 0.5) is 0 Å². The van der Waals surface area contributed by atoms with Crippen molar-refractivity contribution >= 4 is 44.8 Å². The Labute approximate surface area is 133 Å². The maximum Gasteiger partial charge on any atom is 0.244 e. The normalized spacial score (nSPS) is 24.9. The largest absolute Gasteiger partial charge is 0.373 e. The highest BCUT2D eigenvalue weighted by atomic mass is 35.5. The summed E-state index contributed by atoms with van der Waals surface area (Å²) in [5.41, 5.74) is 0. The highest BCUT2D eigenvalue weighted by Crippen LogP contribution is 2.33. The fourth-order valence-corrected chi connectivity index (χ4v) is 4.73. The first kappa shape index (κ1) is 16.3. The van der Waals surface area contributed by atoms with Gasteiger partial charge in [-0.25, -0.2) is 8.42 Å². The van der Waals surface area contributed by atoms with Crippen molar-refractivity contribution in [2.24, 2.45) is 0 Å². The molecule has 0 aromatic heterocycles. The van der Waals surface area contributed by atoms with Gasteiger partial charge in [0.15, 0.2) is 0 Å². The molecule has 0 spiro atoms. The SMILES string of the molecule is C[C@@H]1CN(S(=O)(=O)c2cc(Cl)c(Cl)cc2Cl)C[C@@H](C)O1. The second-order valence-electron chi connectivity index (χ2n) is 4.78. The molecule has 112 valence electrons. The predicted octanol–water partition coefficient (Wildman–Crippen LogP) is 3.44. The van der Waals surface area contributed by atoms with Gasteiger partial charge in [-0.3, -0.25) is 0 Å². The zero-order chi connectivity index (χ0) is 15.1. The van der Waals surface area contributed by atoms with Crippen molar-refractivity contribution in [1.29, 1.82) is 0 Å². The summed E-state index contributed by atoms with van der Waals surface area (Å²) in [5, 5.41) is 0.439. The van der Waals surface area contributed by atoms with Crippen LogP contribution in [0, 0.1) is 0 Å². The number of nitrogens with zero attached hydrogens (tertiary/aromatic N) is 1. The van der Waals surface area contributed by atoms with Gasteiger partial charge in [-0.2, -0.15) is 4.31 Å². The van der Waals surface area contributed by atoms with E-state index in [9.17, 15) is 8.42 Å². The van der Waals surface area contributed by atoms with Crippen LogP contribution in [0.3, 0.4) is 0 Å². The van der Waals surface area contributed by atoms with E-state index in [4.69, 9.17) is 39.5 Å². The van der Waals surface area contributed by atoms with Crippen LogP contribution in [0.25, 0.3) is 0 Å². The summed E-state index contributed by atoms with van der Waals surface area (Å²) in [6.45, 7) is 4.22. The predicted molar refractivity (Wildman–Crippen MR) is 80.2 cm³/mol. The summed E-state index contributed by atoms with van der Waals surface area (Å²) in [6.07, 6.45) is -0.342. The highest BCUT2D eigenvalue weighted by Gasteiger charge is 2.33. The van der Waals surface area contributed by atoms with Crippen molar-refractivity contribution < 1.29 is 13.2 Å². The zero-order valence-electron chi connectivity index (χ0n) is 10.9. The highest BCUT2D eigenvalue weighted by molar-refractivity contribution is 7.89. The van der Waals surface area contributed by atoms with E-state index in [-0.39, 0.29) is 45.3 Å². The van der Waals surface area contributed by atoms with Crippen molar-refractivity contribution in [2.75, 3.05) is 13.1 Å². The second kappa shape index (κ2) is 5.99. The van der Waals surface area contributed by atoms with Crippen LogP contribution in [-0.2, 0) is 14.8 Å². The summed E-state index contributed by atoms with van der Waals surface area (Å²) in [4.78, 5) is -0.0325. The van der Waals surface area contributed by atoms with Crippen LogP contribution in [0.15, 0.2) is 17.0 Å². The molecular formula is C12H14Cl3NO3S. The molecule has 2 atom stereocenters. The Morgan fingerprint density at radius 3 is 2.10 bits per heavy atom. The molecule has 1 aromatic rings. The first-order valence-corrected chi connectivity index (χ1v) is 8.59. The molecule has 8 heteroatoms. The van der Waals surface area contributed by atoms with E-state index in [1.165, 1.54) is 16.4 Å². The quantitative estimate of drug-likeness (QED) is 0.761. The average Bonchev–Trinajstić information content (AvgIpc) is 2.32. The molecule has 4 nitrogen and oxygen atoms in total. The van der Waals surface area contributed by atoms with E-state index in [1.54, 1.807) is 0 Å². The number of ether oxygens (including phenoxy) is 1. The van der Waals surface area contributed by atoms with E-state index in [2.05, 4.69) is 0 Å². The van der Waals surface area contributed by atoms with Crippen LogP contribution in [0.2, 0.25) is 15.1 Å². The van der Waals surface area contributed by atoms with Crippen molar-refractivity contribution in [3.8, 4) is 0 Å². The van der Waals surface area contributed by atoms with Gasteiger partial charge in [0, 0.05) is 13.1 Å². The van der Waals surface area contributed by atoms with E-state index in [0.717, 1.165) is 0 Å². The Kier molecular flexibility index (Phi) is 4.89. The van der Waals surface area contributed by atoms with Crippen molar-refractivity contribution in [2.45, 2.75) is 31.0 Å². The third kappa shape index (κ3) is 3.24. The summed E-state index contributed by atoms with van der Waals surface area (Å²) in [6, 6.07) is 2.62. The van der Waals surface area contributed by atoms with Crippen LogP contribution in [0.1, 0.15) is 13.8 Å². The number of rotatable bonds is 2. The second-order valence-corrected chi connectivity index (χ2v) is 7.90. The Hall–Kier alpha value is -0.0400. The maximum absolute atomic E-state index is 12.6. The molecule has 1 fully saturated rings. The first-order valence-electron chi connectivity index (χ1n) is 6.02. The Bertz CT molecular complexity index is 611. The van der Waals surface area contributed by atoms with Gasteiger partial charge in [0.05, 0.1) is 27.3 Å². The third-order valence-electron chi connectivity index (χ3n) is 2.98. The zero-order valence-corrected chi connectivity index (χ0v) is 14.0. The minimum absolute atomic E-state index is 0.0325. The molecule has 0 radical (unpaired) electrons. The Morgan fingerprint density at radius 2 is 1.55 bits per heavy atom. The fourth-order valence-electron chi connectivity index (χ4n) is 2.17. The molecule has 1 aromatic carbocycles. The van der Waals surface area contributed by atoms with Gasteiger partial charge < -0.3 is 4.74 Å². The number of benzene rings is 1. The first-order chi connectivity index (χ1) is 9.21. The van der Waals surface area contributed by atoms with Gasteiger partial charge in [-0.05, 0) is 26.0 Å². The van der Waals surface area contributed by atoms with Crippen LogP contribution in [-0.4, -0.2) is 38.0 Å². The molecule has 0 saturated carbocycles. The van der Waals surface area contributed by atoms with E-state index in [0.29, 0.717) is 0 Å². The van der Waals surface area contributed by atoms with Gasteiger partial charge in [-0.15, -0.1) is 0 Å². The fraction of sp³-hybridized carbons (Fsp3) is 0.500. The number of hydrogen-bond acceptors (Lipinski definition) is 3. The Morgan fingerprint density at radius 1 is 1.05 bits per heavy atom. The van der Waals surface area contributed by atoms with Crippen LogP contribution < -0.4 is 0 Å². The number of morpholine rings is 1. The van der Waals surface area contributed by atoms with Crippen LogP contribution >= 0.6 is 34.8 Å². The Balaban J connectivity index is 2.42. The minimum Gasteiger partial charge on any atom is -0.373 e.